The highest BCUT2D eigenvalue weighted by molar-refractivity contribution is 6.09. The molecule has 4 aromatic rings. The Morgan fingerprint density at radius 3 is 2.06 bits per heavy atom. The van der Waals surface area contributed by atoms with Crippen LogP contribution in [-0.2, 0) is 20.9 Å². The summed E-state index contributed by atoms with van der Waals surface area (Å²) < 4.78 is 11.1. The lowest BCUT2D eigenvalue weighted by Gasteiger charge is -2.19. The van der Waals surface area contributed by atoms with Gasteiger partial charge in [-0.3, -0.25) is 0 Å². The van der Waals surface area contributed by atoms with E-state index in [2.05, 4.69) is 13.2 Å². The van der Waals surface area contributed by atoms with Gasteiger partial charge in [-0.05, 0) is 40.1 Å². The first-order valence-corrected chi connectivity index (χ1v) is 10.2. The summed E-state index contributed by atoms with van der Waals surface area (Å²) >= 11 is 0. The van der Waals surface area contributed by atoms with Crippen LogP contribution in [0.1, 0.15) is 12.5 Å². The van der Waals surface area contributed by atoms with Crippen molar-refractivity contribution in [3.8, 4) is 16.9 Å². The maximum Gasteiger partial charge on any atom is 0.338 e. The van der Waals surface area contributed by atoms with Gasteiger partial charge in [0.15, 0.2) is 0 Å². The van der Waals surface area contributed by atoms with Crippen molar-refractivity contribution in [3.05, 3.63) is 103 Å². The number of fused-ring (bicyclic) bond motifs is 2. The molecule has 0 aliphatic carbocycles. The van der Waals surface area contributed by atoms with Crippen LogP contribution in [0.25, 0.3) is 32.7 Å². The van der Waals surface area contributed by atoms with E-state index in [1.165, 1.54) is 0 Å². The van der Waals surface area contributed by atoms with Gasteiger partial charge in [0.25, 0.3) is 0 Å². The van der Waals surface area contributed by atoms with Crippen molar-refractivity contribution in [2.75, 3.05) is 0 Å². The molecule has 4 aromatic carbocycles. The molecule has 0 radical (unpaired) electrons. The Morgan fingerprint density at radius 2 is 1.44 bits per heavy atom. The van der Waals surface area contributed by atoms with Crippen molar-refractivity contribution in [1.82, 2.24) is 0 Å². The van der Waals surface area contributed by atoms with Gasteiger partial charge >= 0.3 is 11.9 Å². The Morgan fingerprint density at radius 1 is 0.844 bits per heavy atom. The Kier molecular flexibility index (Phi) is 5.86. The first kappa shape index (κ1) is 21.1. The van der Waals surface area contributed by atoms with Crippen LogP contribution in [0.3, 0.4) is 0 Å². The summed E-state index contributed by atoms with van der Waals surface area (Å²) in [5.74, 6) is -0.582. The molecule has 32 heavy (non-hydrogen) atoms. The fraction of sp³-hybridized carbons (Fsp3) is 0.0714. The van der Waals surface area contributed by atoms with Crippen LogP contribution in [0, 0.1) is 0 Å². The van der Waals surface area contributed by atoms with Crippen molar-refractivity contribution >= 4 is 33.5 Å². The highest BCUT2D eigenvalue weighted by Gasteiger charge is 2.20. The first-order chi connectivity index (χ1) is 15.5. The van der Waals surface area contributed by atoms with Crippen LogP contribution in [0.4, 0.5) is 0 Å². The molecule has 0 amide bonds. The fourth-order valence-corrected chi connectivity index (χ4v) is 3.72. The molecule has 0 spiro atoms. The summed E-state index contributed by atoms with van der Waals surface area (Å²) in [5, 5.41) is 3.90. The summed E-state index contributed by atoms with van der Waals surface area (Å²) in [6.07, 6.45) is 1.14. The Bertz CT molecular complexity index is 1380. The van der Waals surface area contributed by atoms with Gasteiger partial charge in [-0.25, -0.2) is 9.59 Å². The number of carbonyl (C=O) groups is 2. The van der Waals surface area contributed by atoms with E-state index in [4.69, 9.17) is 9.47 Å². The zero-order chi connectivity index (χ0) is 22.7. The molecule has 0 unspecified atom stereocenters. The Labute approximate surface area is 186 Å². The van der Waals surface area contributed by atoms with E-state index < -0.39 is 11.9 Å². The molecule has 0 bridgehead atoms. The van der Waals surface area contributed by atoms with Crippen molar-refractivity contribution in [3.63, 3.8) is 0 Å². The van der Waals surface area contributed by atoms with E-state index in [1.807, 2.05) is 66.7 Å². The second-order valence-corrected chi connectivity index (χ2v) is 7.46. The third-order valence-corrected chi connectivity index (χ3v) is 5.24. The molecule has 158 valence electrons. The van der Waals surface area contributed by atoms with Gasteiger partial charge in [0.2, 0.25) is 0 Å². The van der Waals surface area contributed by atoms with Crippen LogP contribution in [0.5, 0.6) is 5.75 Å². The summed E-state index contributed by atoms with van der Waals surface area (Å²) in [4.78, 5) is 24.2. The largest absolute Gasteiger partial charge is 0.458 e. The maximum atomic E-state index is 12.4. The molecule has 0 fully saturated rings. The van der Waals surface area contributed by atoms with Gasteiger partial charge < -0.3 is 9.47 Å². The molecular weight excluding hydrogens is 400 g/mol. The smallest absolute Gasteiger partial charge is 0.338 e. The predicted molar refractivity (Wildman–Crippen MR) is 127 cm³/mol. The third-order valence-electron chi connectivity index (χ3n) is 5.24. The lowest BCUT2D eigenvalue weighted by molar-refractivity contribution is -0.139. The molecule has 0 heterocycles. The minimum Gasteiger partial charge on any atom is -0.458 e. The molecule has 0 N–H and O–H groups in total. The fourth-order valence-electron chi connectivity index (χ4n) is 3.72. The molecule has 0 saturated carbocycles. The number of esters is 2. The SMILES string of the molecule is C=CC(=O)OCc1ccc2ccccc2c1-c1c(OC(=O)C(=C)C)ccc2ccccc12. The van der Waals surface area contributed by atoms with E-state index >= 15 is 0 Å². The normalized spacial score (nSPS) is 10.7. The Balaban J connectivity index is 2.05. The average Bonchev–Trinajstić information content (AvgIpc) is 2.82. The van der Waals surface area contributed by atoms with Gasteiger partial charge in [0.1, 0.15) is 12.4 Å². The number of hydrogen-bond acceptors (Lipinski definition) is 4. The summed E-state index contributed by atoms with van der Waals surface area (Å²) in [6.45, 7) is 8.84. The maximum absolute atomic E-state index is 12.4. The van der Waals surface area contributed by atoms with E-state index in [-0.39, 0.29) is 6.61 Å². The molecule has 4 rings (SSSR count). The lowest BCUT2D eigenvalue weighted by atomic mass is 9.89. The minimum atomic E-state index is -0.504. The number of carbonyl (C=O) groups excluding carboxylic acids is 2. The molecule has 4 nitrogen and oxygen atoms in total. The van der Waals surface area contributed by atoms with Gasteiger partial charge in [-0.2, -0.15) is 0 Å². The van der Waals surface area contributed by atoms with E-state index in [9.17, 15) is 9.59 Å². The number of rotatable bonds is 6. The van der Waals surface area contributed by atoms with E-state index in [0.717, 1.165) is 44.3 Å². The van der Waals surface area contributed by atoms with Crippen LogP contribution >= 0.6 is 0 Å². The number of ether oxygens (including phenoxy) is 2. The summed E-state index contributed by atoms with van der Waals surface area (Å²) in [6, 6.07) is 23.5. The molecule has 0 aliphatic heterocycles. The first-order valence-electron chi connectivity index (χ1n) is 10.2. The monoisotopic (exact) mass is 422 g/mol. The lowest BCUT2D eigenvalue weighted by Crippen LogP contribution is -2.10. The Hall–Kier alpha value is -4.18. The topological polar surface area (TPSA) is 52.6 Å². The zero-order valence-electron chi connectivity index (χ0n) is 17.8. The van der Waals surface area contributed by atoms with Gasteiger partial charge in [-0.15, -0.1) is 0 Å². The van der Waals surface area contributed by atoms with Crippen molar-refractivity contribution < 1.29 is 19.1 Å². The molecule has 0 aromatic heterocycles. The van der Waals surface area contributed by atoms with Gasteiger partial charge in [0, 0.05) is 22.8 Å². The molecular formula is C28H22O4. The third kappa shape index (κ3) is 4.03. The average molecular weight is 422 g/mol. The van der Waals surface area contributed by atoms with E-state index in [1.54, 1.807) is 13.0 Å². The van der Waals surface area contributed by atoms with Crippen LogP contribution < -0.4 is 4.74 Å². The van der Waals surface area contributed by atoms with Crippen LogP contribution in [-0.4, -0.2) is 11.9 Å². The zero-order valence-corrected chi connectivity index (χ0v) is 17.8. The second kappa shape index (κ2) is 8.90. The summed E-state index contributed by atoms with van der Waals surface area (Å²) in [5.41, 5.74) is 2.71. The van der Waals surface area contributed by atoms with Crippen molar-refractivity contribution in [2.24, 2.45) is 0 Å². The van der Waals surface area contributed by atoms with Gasteiger partial charge in [0.05, 0.1) is 0 Å². The number of hydrogen-bond donors (Lipinski definition) is 0. The van der Waals surface area contributed by atoms with Crippen molar-refractivity contribution in [1.29, 1.82) is 0 Å². The summed E-state index contributed by atoms with van der Waals surface area (Å²) in [7, 11) is 0. The van der Waals surface area contributed by atoms with Gasteiger partial charge in [-0.1, -0.05) is 79.9 Å². The van der Waals surface area contributed by atoms with E-state index in [0.29, 0.717) is 11.3 Å². The quantitative estimate of drug-likeness (QED) is 0.206. The highest BCUT2D eigenvalue weighted by Crippen LogP contribution is 2.43. The second-order valence-electron chi connectivity index (χ2n) is 7.46. The molecule has 4 heteroatoms. The minimum absolute atomic E-state index is 0.0577. The molecule has 0 saturated heterocycles. The van der Waals surface area contributed by atoms with Crippen molar-refractivity contribution in [2.45, 2.75) is 13.5 Å². The molecule has 0 aliphatic rings. The predicted octanol–water partition coefficient (Wildman–Crippen LogP) is 6.37. The van der Waals surface area contributed by atoms with Crippen LogP contribution in [0.2, 0.25) is 0 Å². The molecule has 0 atom stereocenters. The van der Waals surface area contributed by atoms with Crippen LogP contribution in [0.15, 0.2) is 97.6 Å². The highest BCUT2D eigenvalue weighted by atomic mass is 16.5. The number of benzene rings is 4. The standard InChI is InChI=1S/C28H22O4/c1-4-25(29)31-17-21-14-13-19-9-5-7-11-22(19)26(21)27-23-12-8-6-10-20(23)15-16-24(27)32-28(30)18(2)3/h4-16H,1-2,17H2,3H3.